The molecule has 0 N–H and O–H groups in total. The van der Waals surface area contributed by atoms with Gasteiger partial charge in [-0.1, -0.05) is 15.9 Å². The van der Waals surface area contributed by atoms with Crippen LogP contribution in [0.15, 0.2) is 51.8 Å². The van der Waals surface area contributed by atoms with Crippen LogP contribution in [0, 0.1) is 0 Å². The Morgan fingerprint density at radius 2 is 2.16 bits per heavy atom. The number of hydrogen-bond acceptors (Lipinski definition) is 3. The highest BCUT2D eigenvalue weighted by Crippen LogP contribution is 2.28. The minimum absolute atomic E-state index is 0.406. The van der Waals surface area contributed by atoms with E-state index in [2.05, 4.69) is 41.8 Å². The topological polar surface area (TPSA) is 39.4 Å². The van der Waals surface area contributed by atoms with Gasteiger partial charge in [0.1, 0.15) is 12.4 Å². The third kappa shape index (κ3) is 2.79. The van der Waals surface area contributed by atoms with Crippen LogP contribution < -0.4 is 4.74 Å². The second-order valence-corrected chi connectivity index (χ2v) is 5.69. The number of benzene rings is 1. The molecule has 0 radical (unpaired) electrons. The van der Waals surface area contributed by atoms with Gasteiger partial charge in [0, 0.05) is 23.1 Å². The molecular formula is C13H9Br2N3O. The van der Waals surface area contributed by atoms with Gasteiger partial charge >= 0.3 is 0 Å². The highest BCUT2D eigenvalue weighted by atomic mass is 79.9. The van der Waals surface area contributed by atoms with E-state index in [9.17, 15) is 0 Å². The molecule has 3 aromatic rings. The van der Waals surface area contributed by atoms with E-state index < -0.39 is 0 Å². The quantitative estimate of drug-likeness (QED) is 0.690. The molecule has 0 saturated heterocycles. The largest absolute Gasteiger partial charge is 0.486 e. The van der Waals surface area contributed by atoms with Crippen LogP contribution in [0.4, 0.5) is 0 Å². The number of nitrogens with zero attached hydrogens (tertiary/aromatic N) is 3. The highest BCUT2D eigenvalue weighted by Gasteiger charge is 2.05. The predicted octanol–water partition coefficient (Wildman–Crippen LogP) is 3.83. The van der Waals surface area contributed by atoms with Crippen molar-refractivity contribution < 1.29 is 4.74 Å². The molecule has 0 aliphatic rings. The molecular weight excluding hydrogens is 374 g/mol. The molecule has 3 rings (SSSR count). The Bertz CT molecular complexity index is 694. The first-order valence-corrected chi connectivity index (χ1v) is 7.17. The lowest BCUT2D eigenvalue weighted by atomic mass is 10.3. The van der Waals surface area contributed by atoms with Crippen molar-refractivity contribution >= 4 is 37.6 Å². The van der Waals surface area contributed by atoms with Crippen molar-refractivity contribution in [2.24, 2.45) is 0 Å². The molecule has 0 saturated carbocycles. The number of imidazole rings is 1. The van der Waals surface area contributed by atoms with Gasteiger partial charge in [0.05, 0.1) is 10.2 Å². The standard InChI is InChI=1S/C13H9Br2N3O/c14-9-2-3-12(11(15)6-9)19-8-10-7-18-5-1-4-16-13(18)17-10/h1-7H,8H2. The fourth-order valence-corrected chi connectivity index (χ4v) is 2.85. The highest BCUT2D eigenvalue weighted by molar-refractivity contribution is 9.11. The van der Waals surface area contributed by atoms with Gasteiger partial charge in [0.15, 0.2) is 0 Å². The lowest BCUT2D eigenvalue weighted by Gasteiger charge is -2.06. The molecule has 1 aromatic carbocycles. The Morgan fingerprint density at radius 3 is 2.95 bits per heavy atom. The predicted molar refractivity (Wildman–Crippen MR) is 79.2 cm³/mol. The van der Waals surface area contributed by atoms with Crippen LogP contribution in [0.2, 0.25) is 0 Å². The molecule has 96 valence electrons. The van der Waals surface area contributed by atoms with Gasteiger partial charge in [-0.25, -0.2) is 9.97 Å². The van der Waals surface area contributed by atoms with Crippen LogP contribution >= 0.6 is 31.9 Å². The molecule has 0 unspecified atom stereocenters. The van der Waals surface area contributed by atoms with Crippen LogP contribution in [0.3, 0.4) is 0 Å². The minimum atomic E-state index is 0.406. The van der Waals surface area contributed by atoms with Crippen molar-refractivity contribution in [3.05, 3.63) is 57.5 Å². The summed E-state index contributed by atoms with van der Waals surface area (Å²) in [4.78, 5) is 8.54. The zero-order chi connectivity index (χ0) is 13.2. The summed E-state index contributed by atoms with van der Waals surface area (Å²) in [6, 6.07) is 7.65. The maximum Gasteiger partial charge on any atom is 0.234 e. The Balaban J connectivity index is 1.78. The molecule has 2 heterocycles. The van der Waals surface area contributed by atoms with Crippen molar-refractivity contribution in [3.8, 4) is 5.75 Å². The summed E-state index contributed by atoms with van der Waals surface area (Å²) in [5.74, 6) is 1.46. The smallest absolute Gasteiger partial charge is 0.234 e. The maximum atomic E-state index is 5.74. The molecule has 0 aliphatic heterocycles. The van der Waals surface area contributed by atoms with E-state index in [1.807, 2.05) is 41.1 Å². The Hall–Kier alpha value is -1.40. The number of fused-ring (bicyclic) bond motifs is 1. The second kappa shape index (κ2) is 5.30. The third-order valence-corrected chi connectivity index (χ3v) is 3.67. The van der Waals surface area contributed by atoms with Gasteiger partial charge in [-0.2, -0.15) is 0 Å². The molecule has 0 aliphatic carbocycles. The molecule has 0 spiro atoms. The number of rotatable bonds is 3. The molecule has 0 fully saturated rings. The molecule has 2 aromatic heterocycles. The van der Waals surface area contributed by atoms with E-state index in [4.69, 9.17) is 4.74 Å². The molecule has 0 amide bonds. The zero-order valence-corrected chi connectivity index (χ0v) is 12.9. The molecule has 6 heteroatoms. The average Bonchev–Trinajstić information content (AvgIpc) is 2.80. The van der Waals surface area contributed by atoms with Crippen LogP contribution in [0.25, 0.3) is 5.78 Å². The van der Waals surface area contributed by atoms with Gasteiger partial charge < -0.3 is 4.74 Å². The number of aromatic nitrogens is 3. The monoisotopic (exact) mass is 381 g/mol. The first-order valence-electron chi connectivity index (χ1n) is 5.59. The van der Waals surface area contributed by atoms with E-state index in [1.165, 1.54) is 0 Å². The SMILES string of the molecule is Brc1ccc(OCc2cn3cccnc3n2)c(Br)c1. The number of ether oxygens (including phenoxy) is 1. The van der Waals surface area contributed by atoms with Crippen LogP contribution in [-0.2, 0) is 6.61 Å². The van der Waals surface area contributed by atoms with Gasteiger partial charge in [-0.15, -0.1) is 0 Å². The normalized spacial score (nSPS) is 10.8. The van der Waals surface area contributed by atoms with E-state index in [0.717, 1.165) is 20.4 Å². The van der Waals surface area contributed by atoms with E-state index in [0.29, 0.717) is 12.4 Å². The van der Waals surface area contributed by atoms with Crippen LogP contribution in [0.1, 0.15) is 5.69 Å². The van der Waals surface area contributed by atoms with Gasteiger partial charge in [0.25, 0.3) is 0 Å². The molecule has 0 bridgehead atoms. The first-order chi connectivity index (χ1) is 9.22. The fourth-order valence-electron chi connectivity index (χ4n) is 1.69. The molecule has 0 atom stereocenters. The Labute approximate surface area is 126 Å². The Kier molecular flexibility index (Phi) is 3.52. The van der Waals surface area contributed by atoms with Crippen molar-refractivity contribution in [1.82, 2.24) is 14.4 Å². The summed E-state index contributed by atoms with van der Waals surface area (Å²) in [5.41, 5.74) is 0.841. The van der Waals surface area contributed by atoms with Crippen molar-refractivity contribution in [3.63, 3.8) is 0 Å². The van der Waals surface area contributed by atoms with E-state index in [1.54, 1.807) is 6.20 Å². The minimum Gasteiger partial charge on any atom is -0.486 e. The second-order valence-electron chi connectivity index (χ2n) is 3.92. The summed E-state index contributed by atoms with van der Waals surface area (Å²) in [6.07, 6.45) is 5.54. The summed E-state index contributed by atoms with van der Waals surface area (Å²) in [5, 5.41) is 0. The van der Waals surface area contributed by atoms with Crippen molar-refractivity contribution in [2.45, 2.75) is 6.61 Å². The van der Waals surface area contributed by atoms with Crippen molar-refractivity contribution in [2.75, 3.05) is 0 Å². The maximum absolute atomic E-state index is 5.74. The molecule has 4 nitrogen and oxygen atoms in total. The summed E-state index contributed by atoms with van der Waals surface area (Å²) >= 11 is 6.87. The molecule has 19 heavy (non-hydrogen) atoms. The average molecular weight is 383 g/mol. The number of halogens is 2. The third-order valence-electron chi connectivity index (χ3n) is 2.55. The lowest BCUT2D eigenvalue weighted by Crippen LogP contribution is -1.96. The van der Waals surface area contributed by atoms with E-state index in [-0.39, 0.29) is 0 Å². The van der Waals surface area contributed by atoms with Crippen LogP contribution in [0.5, 0.6) is 5.75 Å². The lowest BCUT2D eigenvalue weighted by molar-refractivity contribution is 0.300. The van der Waals surface area contributed by atoms with Crippen LogP contribution in [-0.4, -0.2) is 14.4 Å². The zero-order valence-electron chi connectivity index (χ0n) is 9.75. The summed E-state index contributed by atoms with van der Waals surface area (Å²) < 4.78 is 9.52. The first kappa shape index (κ1) is 12.6. The van der Waals surface area contributed by atoms with Crippen molar-refractivity contribution in [1.29, 1.82) is 0 Å². The fraction of sp³-hybridized carbons (Fsp3) is 0.0769. The number of hydrogen-bond donors (Lipinski definition) is 0. The van der Waals surface area contributed by atoms with Gasteiger partial charge in [-0.3, -0.25) is 4.40 Å². The summed E-state index contributed by atoms with van der Waals surface area (Å²) in [7, 11) is 0. The Morgan fingerprint density at radius 1 is 1.26 bits per heavy atom. The van der Waals surface area contributed by atoms with Gasteiger partial charge in [-0.05, 0) is 40.2 Å². The summed E-state index contributed by atoms with van der Waals surface area (Å²) in [6.45, 7) is 0.406. The van der Waals surface area contributed by atoms with Gasteiger partial charge in [0.2, 0.25) is 5.78 Å². The van der Waals surface area contributed by atoms with E-state index >= 15 is 0 Å².